The number of amides is 2. The van der Waals surface area contributed by atoms with Crippen LogP contribution in [-0.2, 0) is 0 Å². The van der Waals surface area contributed by atoms with Gasteiger partial charge in [-0.25, -0.2) is 9.78 Å². The Kier molecular flexibility index (Phi) is 5.81. The minimum Gasteiger partial charge on any atom is -0.496 e. The number of benzene rings is 1. The number of hydrogen-bond donors (Lipinski definition) is 1. The molecule has 1 aromatic heterocycles. The van der Waals surface area contributed by atoms with Crippen LogP contribution in [0.5, 0.6) is 5.75 Å². The summed E-state index contributed by atoms with van der Waals surface area (Å²) in [5, 5.41) is 9.09. The third-order valence-electron chi connectivity index (χ3n) is 5.04. The molecule has 3 rings (SSSR count). The number of carbonyl (C=O) groups excluding carboxylic acids is 2. The summed E-state index contributed by atoms with van der Waals surface area (Å²) in [7, 11) is 1.57. The van der Waals surface area contributed by atoms with Crippen molar-refractivity contribution in [2.45, 2.75) is 13.8 Å². The summed E-state index contributed by atoms with van der Waals surface area (Å²) in [6.07, 6.45) is 0. The first-order valence-corrected chi connectivity index (χ1v) is 9.26. The summed E-state index contributed by atoms with van der Waals surface area (Å²) < 4.78 is 5.29. The van der Waals surface area contributed by atoms with Gasteiger partial charge in [-0.15, -0.1) is 0 Å². The first kappa shape index (κ1) is 20.3. The van der Waals surface area contributed by atoms with E-state index in [1.165, 1.54) is 12.1 Å². The highest BCUT2D eigenvalue weighted by molar-refractivity contribution is 5.96. The molecular formula is C21H23N3O5. The van der Waals surface area contributed by atoms with Gasteiger partial charge in [-0.2, -0.15) is 0 Å². The van der Waals surface area contributed by atoms with Crippen LogP contribution in [-0.4, -0.2) is 71.0 Å². The topological polar surface area (TPSA) is 100 Å². The number of carboxylic acids is 1. The average molecular weight is 397 g/mol. The lowest BCUT2D eigenvalue weighted by atomic mass is 10.1. The van der Waals surface area contributed by atoms with Gasteiger partial charge in [0.1, 0.15) is 11.4 Å². The molecular weight excluding hydrogens is 374 g/mol. The fraction of sp³-hybridized carbons (Fsp3) is 0.333. The number of rotatable bonds is 4. The van der Waals surface area contributed by atoms with Gasteiger partial charge >= 0.3 is 5.97 Å². The number of aromatic nitrogens is 1. The van der Waals surface area contributed by atoms with E-state index >= 15 is 0 Å². The lowest BCUT2D eigenvalue weighted by Gasteiger charge is -2.34. The molecule has 1 saturated heterocycles. The largest absolute Gasteiger partial charge is 0.496 e. The van der Waals surface area contributed by atoms with E-state index in [1.807, 2.05) is 13.0 Å². The molecule has 152 valence electrons. The molecule has 1 fully saturated rings. The standard InChI is InChI=1S/C21H23N3O5/c1-13-4-5-15(12-18(13)29-3)19(25)23-8-10-24(11-9-23)20(26)17-7-6-16(21(27)28)14(2)22-17/h4-7,12H,8-11H2,1-3H3,(H,27,28). The summed E-state index contributed by atoms with van der Waals surface area (Å²) >= 11 is 0. The predicted molar refractivity (Wildman–Crippen MR) is 105 cm³/mol. The number of nitrogens with zero attached hydrogens (tertiary/aromatic N) is 3. The Labute approximate surface area is 168 Å². The second-order valence-corrected chi connectivity index (χ2v) is 6.90. The Morgan fingerprint density at radius 1 is 0.966 bits per heavy atom. The van der Waals surface area contributed by atoms with Crippen LogP contribution in [0, 0.1) is 13.8 Å². The molecule has 2 heterocycles. The van der Waals surface area contributed by atoms with Crippen molar-refractivity contribution < 1.29 is 24.2 Å². The Bertz CT molecular complexity index is 965. The molecule has 0 atom stereocenters. The van der Waals surface area contributed by atoms with E-state index < -0.39 is 5.97 Å². The summed E-state index contributed by atoms with van der Waals surface area (Å²) in [5.41, 5.74) is 2.08. The van der Waals surface area contributed by atoms with Gasteiger partial charge in [-0.05, 0) is 43.7 Å². The van der Waals surface area contributed by atoms with Crippen molar-refractivity contribution >= 4 is 17.8 Å². The first-order valence-electron chi connectivity index (χ1n) is 9.26. The van der Waals surface area contributed by atoms with Gasteiger partial charge in [0.25, 0.3) is 11.8 Å². The van der Waals surface area contributed by atoms with Crippen LogP contribution in [0.4, 0.5) is 0 Å². The number of aryl methyl sites for hydroxylation is 2. The molecule has 0 aliphatic carbocycles. The van der Waals surface area contributed by atoms with Gasteiger partial charge in [0.2, 0.25) is 0 Å². The van der Waals surface area contributed by atoms with E-state index in [0.29, 0.717) is 43.2 Å². The van der Waals surface area contributed by atoms with E-state index in [9.17, 15) is 14.4 Å². The molecule has 0 bridgehead atoms. The van der Waals surface area contributed by atoms with Crippen molar-refractivity contribution in [1.29, 1.82) is 0 Å². The van der Waals surface area contributed by atoms with Gasteiger partial charge in [0.05, 0.1) is 18.4 Å². The molecule has 8 heteroatoms. The Morgan fingerprint density at radius 2 is 1.59 bits per heavy atom. The van der Waals surface area contributed by atoms with Gasteiger partial charge < -0.3 is 19.6 Å². The van der Waals surface area contributed by atoms with E-state index in [2.05, 4.69) is 4.98 Å². The molecule has 2 aromatic rings. The average Bonchev–Trinajstić information content (AvgIpc) is 2.72. The maximum atomic E-state index is 12.8. The minimum atomic E-state index is -1.08. The molecule has 0 radical (unpaired) electrons. The van der Waals surface area contributed by atoms with Crippen molar-refractivity contribution in [3.05, 3.63) is 58.4 Å². The summed E-state index contributed by atoms with van der Waals surface area (Å²) in [6, 6.07) is 8.16. The number of carbonyl (C=O) groups is 3. The zero-order valence-electron chi connectivity index (χ0n) is 16.6. The monoisotopic (exact) mass is 397 g/mol. The number of hydrogen-bond acceptors (Lipinski definition) is 5. The van der Waals surface area contributed by atoms with Crippen molar-refractivity contribution in [2.24, 2.45) is 0 Å². The summed E-state index contributed by atoms with van der Waals surface area (Å²) in [6.45, 7) is 5.06. The highest BCUT2D eigenvalue weighted by atomic mass is 16.5. The van der Waals surface area contributed by atoms with Gasteiger partial charge in [0, 0.05) is 31.7 Å². The van der Waals surface area contributed by atoms with Crippen LogP contribution in [0.15, 0.2) is 30.3 Å². The highest BCUT2D eigenvalue weighted by Gasteiger charge is 2.27. The van der Waals surface area contributed by atoms with Crippen molar-refractivity contribution in [3.8, 4) is 5.75 Å². The van der Waals surface area contributed by atoms with E-state index in [1.54, 1.807) is 36.0 Å². The number of aromatic carboxylic acids is 1. The van der Waals surface area contributed by atoms with Crippen LogP contribution in [0.1, 0.15) is 42.5 Å². The lowest BCUT2D eigenvalue weighted by Crippen LogP contribution is -2.50. The molecule has 0 spiro atoms. The van der Waals surface area contributed by atoms with E-state index in [4.69, 9.17) is 9.84 Å². The van der Waals surface area contributed by atoms with Gasteiger partial charge in [0.15, 0.2) is 0 Å². The third-order valence-corrected chi connectivity index (χ3v) is 5.04. The first-order chi connectivity index (χ1) is 13.8. The lowest BCUT2D eigenvalue weighted by molar-refractivity contribution is 0.0532. The Hall–Kier alpha value is -3.42. The molecule has 8 nitrogen and oxygen atoms in total. The van der Waals surface area contributed by atoms with Crippen LogP contribution < -0.4 is 4.74 Å². The smallest absolute Gasteiger partial charge is 0.337 e. The van der Waals surface area contributed by atoms with Crippen LogP contribution >= 0.6 is 0 Å². The molecule has 1 aromatic carbocycles. The number of piperazine rings is 1. The number of carboxylic acid groups (broad SMARTS) is 1. The fourth-order valence-corrected chi connectivity index (χ4v) is 3.32. The summed E-state index contributed by atoms with van der Waals surface area (Å²) in [5.74, 6) is -0.783. The van der Waals surface area contributed by atoms with Crippen LogP contribution in [0.3, 0.4) is 0 Å². The third kappa shape index (κ3) is 4.21. The van der Waals surface area contributed by atoms with Crippen molar-refractivity contribution in [1.82, 2.24) is 14.8 Å². The maximum absolute atomic E-state index is 12.8. The number of methoxy groups -OCH3 is 1. The molecule has 1 aliphatic rings. The number of pyridine rings is 1. The molecule has 1 N–H and O–H groups in total. The van der Waals surface area contributed by atoms with Gasteiger partial charge in [-0.3, -0.25) is 9.59 Å². The van der Waals surface area contributed by atoms with Crippen molar-refractivity contribution in [3.63, 3.8) is 0 Å². The normalized spacial score (nSPS) is 13.9. The second kappa shape index (κ2) is 8.30. The molecule has 2 amide bonds. The predicted octanol–water partition coefficient (Wildman–Crippen LogP) is 2.00. The Morgan fingerprint density at radius 3 is 2.14 bits per heavy atom. The number of ether oxygens (including phenoxy) is 1. The van der Waals surface area contributed by atoms with Crippen LogP contribution in [0.25, 0.3) is 0 Å². The highest BCUT2D eigenvalue weighted by Crippen LogP contribution is 2.21. The molecule has 0 unspecified atom stereocenters. The fourth-order valence-electron chi connectivity index (χ4n) is 3.32. The van der Waals surface area contributed by atoms with E-state index in [0.717, 1.165) is 5.56 Å². The van der Waals surface area contributed by atoms with E-state index in [-0.39, 0.29) is 23.1 Å². The van der Waals surface area contributed by atoms with Crippen molar-refractivity contribution in [2.75, 3.05) is 33.3 Å². The summed E-state index contributed by atoms with van der Waals surface area (Å²) in [4.78, 5) is 44.0. The zero-order chi connectivity index (χ0) is 21.1. The zero-order valence-corrected chi connectivity index (χ0v) is 16.6. The maximum Gasteiger partial charge on any atom is 0.337 e. The van der Waals surface area contributed by atoms with Crippen LogP contribution in [0.2, 0.25) is 0 Å². The molecule has 1 aliphatic heterocycles. The minimum absolute atomic E-state index is 0.0745. The molecule has 29 heavy (non-hydrogen) atoms. The molecule has 0 saturated carbocycles. The second-order valence-electron chi connectivity index (χ2n) is 6.90. The SMILES string of the molecule is COc1cc(C(=O)N2CCN(C(=O)c3ccc(C(=O)O)c(C)n3)CC2)ccc1C. The Balaban J connectivity index is 1.65. The van der Waals surface area contributed by atoms with Gasteiger partial charge in [-0.1, -0.05) is 6.07 Å². The quantitative estimate of drug-likeness (QED) is 0.847.